The fourth-order valence-corrected chi connectivity index (χ4v) is 3.82. The van der Waals surface area contributed by atoms with Gasteiger partial charge in [0.2, 0.25) is 5.91 Å². The van der Waals surface area contributed by atoms with Crippen LogP contribution in [0.2, 0.25) is 0 Å². The number of rotatable bonds is 10. The largest absolute Gasteiger partial charge is 0.493 e. The molecule has 33 heavy (non-hydrogen) atoms. The van der Waals surface area contributed by atoms with E-state index in [2.05, 4.69) is 47.9 Å². The Kier molecular flexibility index (Phi) is 9.84. The second-order valence-corrected chi connectivity index (χ2v) is 8.65. The normalized spacial score (nSPS) is 15.8. The lowest BCUT2D eigenvalue weighted by Gasteiger charge is -2.16. The number of ether oxygens (including phenoxy) is 1. The molecule has 4 rings (SSSR count). The molecule has 6 nitrogen and oxygen atoms in total. The van der Waals surface area contributed by atoms with Crippen molar-refractivity contribution in [3.8, 4) is 5.75 Å². The molecular formula is C26H35IN4O2. The summed E-state index contributed by atoms with van der Waals surface area (Å²) in [5.41, 5.74) is 3.45. The topological polar surface area (TPSA) is 66.0 Å². The van der Waals surface area contributed by atoms with Gasteiger partial charge in [-0.15, -0.1) is 24.0 Å². The van der Waals surface area contributed by atoms with E-state index < -0.39 is 0 Å². The first-order chi connectivity index (χ1) is 15.7. The van der Waals surface area contributed by atoms with E-state index in [9.17, 15) is 4.79 Å². The third-order valence-electron chi connectivity index (χ3n) is 5.92. The van der Waals surface area contributed by atoms with Crippen LogP contribution in [0.1, 0.15) is 49.3 Å². The first kappa shape index (κ1) is 25.3. The van der Waals surface area contributed by atoms with Gasteiger partial charge < -0.3 is 20.3 Å². The van der Waals surface area contributed by atoms with Gasteiger partial charge in [-0.2, -0.15) is 0 Å². The molecule has 1 aliphatic heterocycles. The lowest BCUT2D eigenvalue weighted by molar-refractivity contribution is -0.128. The molecule has 2 aliphatic rings. The number of hydrogen-bond donors (Lipinski definition) is 2. The van der Waals surface area contributed by atoms with Crippen molar-refractivity contribution in [3.05, 3.63) is 65.2 Å². The minimum atomic E-state index is 0. The van der Waals surface area contributed by atoms with Crippen LogP contribution in [0.15, 0.2) is 53.5 Å². The lowest BCUT2D eigenvalue weighted by atomic mass is 10.1. The lowest BCUT2D eigenvalue weighted by Crippen LogP contribution is -2.36. The smallest absolute Gasteiger partial charge is 0.222 e. The highest BCUT2D eigenvalue weighted by atomic mass is 127. The highest BCUT2D eigenvalue weighted by molar-refractivity contribution is 14.0. The van der Waals surface area contributed by atoms with E-state index >= 15 is 0 Å². The molecule has 0 aromatic heterocycles. The molecule has 1 saturated heterocycles. The molecule has 0 atom stereocenters. The van der Waals surface area contributed by atoms with Crippen LogP contribution in [0.4, 0.5) is 0 Å². The minimum absolute atomic E-state index is 0. The molecule has 0 unspecified atom stereocenters. The van der Waals surface area contributed by atoms with E-state index in [4.69, 9.17) is 9.73 Å². The second kappa shape index (κ2) is 12.8. The Morgan fingerprint density at radius 2 is 1.85 bits per heavy atom. The Bertz CT molecular complexity index is 928. The third-order valence-corrected chi connectivity index (χ3v) is 5.92. The second-order valence-electron chi connectivity index (χ2n) is 8.65. The molecule has 2 aromatic carbocycles. The number of carbonyl (C=O) groups is 1. The van der Waals surface area contributed by atoms with Crippen LogP contribution in [0.5, 0.6) is 5.75 Å². The Balaban J connectivity index is 0.00000306. The molecule has 1 amide bonds. The molecule has 2 N–H and O–H groups in total. The summed E-state index contributed by atoms with van der Waals surface area (Å²) >= 11 is 0. The Morgan fingerprint density at radius 1 is 1.09 bits per heavy atom. The van der Waals surface area contributed by atoms with Crippen LogP contribution in [0.25, 0.3) is 0 Å². The maximum absolute atomic E-state index is 11.8. The maximum Gasteiger partial charge on any atom is 0.222 e. The predicted molar refractivity (Wildman–Crippen MR) is 143 cm³/mol. The summed E-state index contributed by atoms with van der Waals surface area (Å²) in [6, 6.07) is 16.6. The van der Waals surface area contributed by atoms with Gasteiger partial charge in [0.1, 0.15) is 5.75 Å². The first-order valence-corrected chi connectivity index (χ1v) is 11.8. The third kappa shape index (κ3) is 7.91. The van der Waals surface area contributed by atoms with Crippen molar-refractivity contribution < 1.29 is 9.53 Å². The van der Waals surface area contributed by atoms with Gasteiger partial charge in [-0.3, -0.25) is 4.79 Å². The molecule has 1 aliphatic carbocycles. The Hall–Kier alpha value is -2.29. The number of amides is 1. The van der Waals surface area contributed by atoms with E-state index in [0.29, 0.717) is 26.1 Å². The van der Waals surface area contributed by atoms with Crippen LogP contribution >= 0.6 is 24.0 Å². The molecule has 2 fully saturated rings. The quantitative estimate of drug-likeness (QED) is 0.255. The highest BCUT2D eigenvalue weighted by Crippen LogP contribution is 2.30. The zero-order valence-corrected chi connectivity index (χ0v) is 21.7. The van der Waals surface area contributed by atoms with E-state index in [-0.39, 0.29) is 29.9 Å². The van der Waals surface area contributed by atoms with E-state index in [1.807, 2.05) is 23.1 Å². The molecule has 2 aromatic rings. The van der Waals surface area contributed by atoms with Crippen molar-refractivity contribution in [2.24, 2.45) is 10.9 Å². The Labute approximate surface area is 214 Å². The number of likely N-dealkylation sites (tertiary alicyclic amines) is 1. The number of para-hydroxylation sites is 1. The van der Waals surface area contributed by atoms with Gasteiger partial charge in [0.15, 0.2) is 5.96 Å². The SMILES string of the molecule is CCNC(=NCc1ccc(CN2CCCC2=O)cc1)NCc1ccccc1OCC1CC1.I. The monoisotopic (exact) mass is 562 g/mol. The summed E-state index contributed by atoms with van der Waals surface area (Å²) < 4.78 is 6.02. The summed E-state index contributed by atoms with van der Waals surface area (Å²) in [5, 5.41) is 6.75. The number of hydrogen-bond acceptors (Lipinski definition) is 3. The number of benzene rings is 2. The zero-order chi connectivity index (χ0) is 22.2. The van der Waals surface area contributed by atoms with Crippen LogP contribution in [-0.4, -0.2) is 36.5 Å². The standard InChI is InChI=1S/C26H34N4O2.HI/c1-2-27-26(29-17-23-6-3-4-7-24(23)32-19-22-13-14-22)28-16-20-9-11-21(12-10-20)18-30-15-5-8-25(30)31;/h3-4,6-7,9-12,22H,2,5,8,13-19H2,1H3,(H2,27,28,29);1H. The van der Waals surface area contributed by atoms with Gasteiger partial charge >= 0.3 is 0 Å². The summed E-state index contributed by atoms with van der Waals surface area (Å²) in [6.07, 6.45) is 4.23. The van der Waals surface area contributed by atoms with Crippen molar-refractivity contribution in [3.63, 3.8) is 0 Å². The summed E-state index contributed by atoms with van der Waals surface area (Å²) in [6.45, 7) is 6.51. The van der Waals surface area contributed by atoms with Gasteiger partial charge in [-0.1, -0.05) is 42.5 Å². The molecule has 1 heterocycles. The highest BCUT2D eigenvalue weighted by Gasteiger charge is 2.22. The number of carbonyl (C=O) groups excluding carboxylic acids is 1. The van der Waals surface area contributed by atoms with Crippen molar-refractivity contribution in [1.29, 1.82) is 0 Å². The number of guanidine groups is 1. The van der Waals surface area contributed by atoms with Gasteiger partial charge in [0.25, 0.3) is 0 Å². The fraction of sp³-hybridized carbons (Fsp3) is 0.462. The molecule has 178 valence electrons. The Morgan fingerprint density at radius 3 is 2.55 bits per heavy atom. The van der Waals surface area contributed by atoms with Crippen molar-refractivity contribution >= 4 is 35.8 Å². The van der Waals surface area contributed by atoms with Crippen molar-refractivity contribution in [2.45, 2.75) is 52.2 Å². The summed E-state index contributed by atoms with van der Waals surface area (Å²) in [5.74, 6) is 2.74. The van der Waals surface area contributed by atoms with Crippen LogP contribution in [-0.2, 0) is 24.4 Å². The van der Waals surface area contributed by atoms with Crippen LogP contribution in [0, 0.1) is 5.92 Å². The summed E-state index contributed by atoms with van der Waals surface area (Å²) in [4.78, 5) is 18.5. The zero-order valence-electron chi connectivity index (χ0n) is 19.4. The van der Waals surface area contributed by atoms with E-state index in [1.54, 1.807) is 0 Å². The maximum atomic E-state index is 11.8. The number of nitrogens with one attached hydrogen (secondary N) is 2. The molecule has 1 saturated carbocycles. The minimum Gasteiger partial charge on any atom is -0.493 e. The molecular weight excluding hydrogens is 527 g/mol. The van der Waals surface area contributed by atoms with E-state index in [0.717, 1.165) is 54.9 Å². The number of halogens is 1. The number of nitrogens with zero attached hydrogens (tertiary/aromatic N) is 2. The first-order valence-electron chi connectivity index (χ1n) is 11.8. The van der Waals surface area contributed by atoms with E-state index in [1.165, 1.54) is 18.4 Å². The van der Waals surface area contributed by atoms with Gasteiger partial charge in [0, 0.05) is 38.2 Å². The molecule has 0 spiro atoms. The molecule has 0 bridgehead atoms. The van der Waals surface area contributed by atoms with Crippen molar-refractivity contribution in [2.75, 3.05) is 19.7 Å². The number of aliphatic imine (C=N–C) groups is 1. The average molecular weight is 562 g/mol. The summed E-state index contributed by atoms with van der Waals surface area (Å²) in [7, 11) is 0. The molecule has 0 radical (unpaired) electrons. The van der Waals surface area contributed by atoms with Gasteiger partial charge in [-0.25, -0.2) is 4.99 Å². The fourth-order valence-electron chi connectivity index (χ4n) is 3.82. The van der Waals surface area contributed by atoms with Gasteiger partial charge in [-0.05, 0) is 49.3 Å². The van der Waals surface area contributed by atoms with Crippen molar-refractivity contribution in [1.82, 2.24) is 15.5 Å². The predicted octanol–water partition coefficient (Wildman–Crippen LogP) is 4.47. The van der Waals surface area contributed by atoms with Crippen LogP contribution < -0.4 is 15.4 Å². The average Bonchev–Trinajstić information content (AvgIpc) is 3.57. The van der Waals surface area contributed by atoms with Crippen LogP contribution in [0.3, 0.4) is 0 Å². The molecule has 7 heteroatoms. The van der Waals surface area contributed by atoms with Gasteiger partial charge in [0.05, 0.1) is 13.2 Å².